The molecule has 1 aromatic rings. The van der Waals surface area contributed by atoms with E-state index in [2.05, 4.69) is 6.58 Å². The molecule has 0 saturated carbocycles. The van der Waals surface area contributed by atoms with E-state index < -0.39 is 4.92 Å². The summed E-state index contributed by atoms with van der Waals surface area (Å²) in [6.07, 6.45) is 2.51. The normalized spacial score (nSPS) is 8.86. The molecule has 0 unspecified atom stereocenters. The minimum Gasteiger partial charge on any atom is -0.498 e. The van der Waals surface area contributed by atoms with Gasteiger partial charge in [0.1, 0.15) is 30.9 Å². The minimum absolute atomic E-state index is 0.0836. The Labute approximate surface area is 121 Å². The molecular weight excluding hydrogens is 274 g/mol. The predicted octanol–water partition coefficient (Wildman–Crippen LogP) is 2.56. The van der Waals surface area contributed by atoms with Crippen LogP contribution in [0.4, 0.5) is 5.69 Å². The molecule has 1 rings (SSSR count). The Bertz CT molecular complexity index is 637. The number of rotatable bonds is 7. The summed E-state index contributed by atoms with van der Waals surface area (Å²) in [6.45, 7) is 3.71. The van der Waals surface area contributed by atoms with Crippen LogP contribution in [0.25, 0.3) is 6.08 Å². The predicted molar refractivity (Wildman–Crippen MR) is 73.9 cm³/mol. The van der Waals surface area contributed by atoms with Crippen LogP contribution in [0.3, 0.4) is 0 Å². The van der Waals surface area contributed by atoms with E-state index in [9.17, 15) is 10.1 Å². The first-order valence-corrected chi connectivity index (χ1v) is 5.78. The lowest BCUT2D eigenvalue weighted by molar-refractivity contribution is -0.385. The molecule has 0 spiro atoms. The summed E-state index contributed by atoms with van der Waals surface area (Å²) in [5, 5.41) is 28.3. The summed E-state index contributed by atoms with van der Waals surface area (Å²) < 4.78 is 10.1. The molecule has 0 N–H and O–H groups in total. The van der Waals surface area contributed by atoms with Crippen molar-refractivity contribution in [2.24, 2.45) is 0 Å². The van der Waals surface area contributed by atoms with E-state index in [-0.39, 0.29) is 30.2 Å². The third kappa shape index (κ3) is 4.69. The van der Waals surface area contributed by atoms with Crippen LogP contribution in [0.2, 0.25) is 0 Å². The van der Waals surface area contributed by atoms with Crippen molar-refractivity contribution in [2.45, 2.75) is 0 Å². The molecule has 0 aliphatic heterocycles. The molecule has 0 radical (unpaired) electrons. The lowest BCUT2D eigenvalue weighted by Crippen LogP contribution is -2.05. The maximum absolute atomic E-state index is 11.0. The van der Waals surface area contributed by atoms with E-state index in [1.165, 1.54) is 30.5 Å². The number of nitrogens with zero attached hydrogens (tertiary/aromatic N) is 3. The van der Waals surface area contributed by atoms with Crippen molar-refractivity contribution in [3.05, 3.63) is 52.3 Å². The van der Waals surface area contributed by atoms with E-state index in [0.29, 0.717) is 5.56 Å². The second-order valence-electron chi connectivity index (χ2n) is 3.65. The molecule has 106 valence electrons. The van der Waals surface area contributed by atoms with Gasteiger partial charge in [-0.3, -0.25) is 10.1 Å². The minimum atomic E-state index is -0.598. The van der Waals surface area contributed by atoms with Gasteiger partial charge in [-0.1, -0.05) is 12.6 Å². The third-order valence-electron chi connectivity index (χ3n) is 2.31. The largest absolute Gasteiger partial charge is 0.498 e. The highest BCUT2D eigenvalue weighted by Crippen LogP contribution is 2.28. The van der Waals surface area contributed by atoms with Crippen LogP contribution < -0.4 is 4.74 Å². The summed E-state index contributed by atoms with van der Waals surface area (Å²) >= 11 is 0. The van der Waals surface area contributed by atoms with E-state index in [0.717, 1.165) is 0 Å². The average molecular weight is 285 g/mol. The lowest BCUT2D eigenvalue weighted by Gasteiger charge is -2.07. The molecule has 7 nitrogen and oxygen atoms in total. The number of hydrogen-bond donors (Lipinski definition) is 0. The second-order valence-corrected chi connectivity index (χ2v) is 3.65. The molecule has 0 heterocycles. The molecule has 0 aliphatic rings. The van der Waals surface area contributed by atoms with E-state index in [1.807, 2.05) is 0 Å². The van der Waals surface area contributed by atoms with Crippen LogP contribution in [-0.4, -0.2) is 18.1 Å². The Morgan fingerprint density at radius 1 is 1.38 bits per heavy atom. The van der Waals surface area contributed by atoms with Crippen molar-refractivity contribution in [1.29, 1.82) is 10.5 Å². The van der Waals surface area contributed by atoms with Crippen molar-refractivity contribution >= 4 is 11.8 Å². The number of nitro groups is 1. The summed E-state index contributed by atoms with van der Waals surface area (Å²) in [7, 11) is 0. The number of allylic oxidation sites excluding steroid dienone is 1. The summed E-state index contributed by atoms with van der Waals surface area (Å²) in [6, 6.07) is 7.53. The lowest BCUT2D eigenvalue weighted by atomic mass is 10.1. The zero-order valence-electron chi connectivity index (χ0n) is 11.0. The van der Waals surface area contributed by atoms with E-state index in [1.54, 1.807) is 12.1 Å². The molecule has 0 atom stereocenters. The van der Waals surface area contributed by atoms with Gasteiger partial charge < -0.3 is 9.47 Å². The standard InChI is InChI=1S/C14H11N3O4/c1-2-20-5-6-21-14-4-3-11(7-12(9-15)10-16)8-13(14)17(18)19/h2-4,7-8H,1,5-6H2. The van der Waals surface area contributed by atoms with Gasteiger partial charge in [0.05, 0.1) is 11.2 Å². The number of benzene rings is 1. The number of ether oxygens (including phenoxy) is 2. The molecule has 21 heavy (non-hydrogen) atoms. The van der Waals surface area contributed by atoms with Gasteiger partial charge in [0.2, 0.25) is 0 Å². The number of nitriles is 2. The van der Waals surface area contributed by atoms with Crippen LogP contribution >= 0.6 is 0 Å². The van der Waals surface area contributed by atoms with Gasteiger partial charge in [0.25, 0.3) is 0 Å². The summed E-state index contributed by atoms with van der Waals surface area (Å²) in [5.41, 5.74) is -0.0237. The topological polar surface area (TPSA) is 109 Å². The zero-order valence-corrected chi connectivity index (χ0v) is 11.0. The van der Waals surface area contributed by atoms with Crippen molar-refractivity contribution in [3.63, 3.8) is 0 Å². The number of nitro benzene ring substituents is 1. The molecule has 0 saturated heterocycles. The Morgan fingerprint density at radius 3 is 2.67 bits per heavy atom. The summed E-state index contributed by atoms with van der Waals surface area (Å²) in [4.78, 5) is 10.4. The quantitative estimate of drug-likeness (QED) is 0.250. The molecule has 0 aliphatic carbocycles. The molecule has 1 aromatic carbocycles. The van der Waals surface area contributed by atoms with E-state index in [4.69, 9.17) is 20.0 Å². The van der Waals surface area contributed by atoms with Crippen molar-refractivity contribution in [3.8, 4) is 17.9 Å². The van der Waals surface area contributed by atoms with Gasteiger partial charge in [-0.2, -0.15) is 10.5 Å². The average Bonchev–Trinajstić information content (AvgIpc) is 2.49. The van der Waals surface area contributed by atoms with Gasteiger partial charge in [-0.05, 0) is 17.7 Å². The van der Waals surface area contributed by atoms with Crippen LogP contribution in [0, 0.1) is 32.8 Å². The maximum Gasteiger partial charge on any atom is 0.311 e. The van der Waals surface area contributed by atoms with Crippen LogP contribution in [0.5, 0.6) is 5.75 Å². The van der Waals surface area contributed by atoms with Gasteiger partial charge in [0, 0.05) is 6.07 Å². The smallest absolute Gasteiger partial charge is 0.311 e. The maximum atomic E-state index is 11.0. The Morgan fingerprint density at radius 2 is 2.10 bits per heavy atom. The highest BCUT2D eigenvalue weighted by molar-refractivity contribution is 5.65. The van der Waals surface area contributed by atoms with Gasteiger partial charge in [-0.25, -0.2) is 0 Å². The molecule has 7 heteroatoms. The van der Waals surface area contributed by atoms with E-state index >= 15 is 0 Å². The zero-order chi connectivity index (χ0) is 15.7. The van der Waals surface area contributed by atoms with Crippen molar-refractivity contribution in [2.75, 3.05) is 13.2 Å². The first kappa shape index (κ1) is 15.7. The van der Waals surface area contributed by atoms with Crippen LogP contribution in [0.1, 0.15) is 5.56 Å². The highest BCUT2D eigenvalue weighted by atomic mass is 16.6. The molecule has 0 fully saturated rings. The molecule has 0 amide bonds. The first-order valence-electron chi connectivity index (χ1n) is 5.78. The number of hydrogen-bond acceptors (Lipinski definition) is 6. The summed E-state index contributed by atoms with van der Waals surface area (Å²) in [5.74, 6) is 0.0836. The third-order valence-corrected chi connectivity index (χ3v) is 2.31. The first-order chi connectivity index (χ1) is 10.1. The molecule has 0 aromatic heterocycles. The van der Waals surface area contributed by atoms with Gasteiger partial charge in [-0.15, -0.1) is 0 Å². The van der Waals surface area contributed by atoms with Crippen molar-refractivity contribution < 1.29 is 14.4 Å². The van der Waals surface area contributed by atoms with Gasteiger partial charge in [0.15, 0.2) is 5.75 Å². The SMILES string of the molecule is C=COCCOc1ccc(C=C(C#N)C#N)cc1[N+](=O)[O-]. The van der Waals surface area contributed by atoms with Crippen LogP contribution in [-0.2, 0) is 4.74 Å². The monoisotopic (exact) mass is 285 g/mol. The fraction of sp³-hybridized carbons (Fsp3) is 0.143. The molecular formula is C14H11N3O4. The fourth-order valence-corrected chi connectivity index (χ4v) is 1.43. The van der Waals surface area contributed by atoms with Gasteiger partial charge >= 0.3 is 5.69 Å². The Kier molecular flexibility index (Phi) is 5.97. The Hall–Kier alpha value is -3.32. The molecule has 0 bridgehead atoms. The van der Waals surface area contributed by atoms with Crippen molar-refractivity contribution in [1.82, 2.24) is 0 Å². The fourth-order valence-electron chi connectivity index (χ4n) is 1.43. The Balaban J connectivity index is 3.00. The van der Waals surface area contributed by atoms with Crippen LogP contribution in [0.15, 0.2) is 36.6 Å². The second kappa shape index (κ2) is 7.97. The highest BCUT2D eigenvalue weighted by Gasteiger charge is 2.15.